The number of anilines is 1. The molecule has 2 heterocycles. The molecule has 1 amide bonds. The molecule has 1 fully saturated rings. The number of oxazole rings is 1. The van der Waals surface area contributed by atoms with Crippen molar-refractivity contribution in [3.8, 4) is 0 Å². The number of aryl methyl sites for hydroxylation is 2. The van der Waals surface area contributed by atoms with E-state index in [9.17, 15) is 22.4 Å². The van der Waals surface area contributed by atoms with E-state index < -0.39 is 21.6 Å². The molecule has 0 radical (unpaired) electrons. The monoisotopic (exact) mass is 447 g/mol. The van der Waals surface area contributed by atoms with E-state index in [-0.39, 0.29) is 35.4 Å². The predicted molar refractivity (Wildman–Crippen MR) is 113 cm³/mol. The summed E-state index contributed by atoms with van der Waals surface area (Å²) >= 11 is 0. The van der Waals surface area contributed by atoms with E-state index in [1.165, 1.54) is 33.1 Å². The summed E-state index contributed by atoms with van der Waals surface area (Å²) < 4.78 is 47.4. The minimum absolute atomic E-state index is 0.0346. The third-order valence-corrected chi connectivity index (χ3v) is 7.56. The number of hydrogen-bond donors (Lipinski definition) is 1. The summed E-state index contributed by atoms with van der Waals surface area (Å²) in [5, 5.41) is 2.70. The first-order valence-electron chi connectivity index (χ1n) is 9.83. The molecule has 4 rings (SSSR count). The topological polar surface area (TPSA) is 102 Å². The Kier molecular flexibility index (Phi) is 5.44. The smallest absolute Gasteiger partial charge is 0.408 e. The van der Waals surface area contributed by atoms with E-state index >= 15 is 0 Å². The van der Waals surface area contributed by atoms with Gasteiger partial charge < -0.3 is 9.73 Å². The second-order valence-corrected chi connectivity index (χ2v) is 9.63. The fourth-order valence-corrected chi connectivity index (χ4v) is 5.18. The van der Waals surface area contributed by atoms with Crippen molar-refractivity contribution in [2.75, 3.05) is 18.4 Å². The highest BCUT2D eigenvalue weighted by Gasteiger charge is 2.32. The average Bonchev–Trinajstić information content (AvgIpc) is 3.04. The number of hydrogen-bond acceptors (Lipinski definition) is 5. The van der Waals surface area contributed by atoms with Crippen molar-refractivity contribution in [1.29, 1.82) is 0 Å². The van der Waals surface area contributed by atoms with Gasteiger partial charge in [-0.2, -0.15) is 4.31 Å². The Morgan fingerprint density at radius 3 is 2.55 bits per heavy atom. The Morgan fingerprint density at radius 2 is 1.87 bits per heavy atom. The molecule has 164 valence electrons. The molecule has 2 aromatic carbocycles. The second-order valence-electron chi connectivity index (χ2n) is 7.69. The van der Waals surface area contributed by atoms with Gasteiger partial charge in [0.25, 0.3) is 0 Å². The molecule has 0 atom stereocenters. The number of aromatic nitrogens is 1. The van der Waals surface area contributed by atoms with Gasteiger partial charge in [-0.05, 0) is 49.6 Å². The van der Waals surface area contributed by atoms with Gasteiger partial charge in [0.05, 0.1) is 10.4 Å². The van der Waals surface area contributed by atoms with Gasteiger partial charge in [0.1, 0.15) is 5.82 Å². The molecular weight excluding hydrogens is 425 g/mol. The highest BCUT2D eigenvalue weighted by atomic mass is 32.2. The van der Waals surface area contributed by atoms with Crippen LogP contribution in [0.25, 0.3) is 11.1 Å². The van der Waals surface area contributed by atoms with Gasteiger partial charge >= 0.3 is 5.76 Å². The number of fused-ring (bicyclic) bond motifs is 1. The molecule has 0 aliphatic carbocycles. The lowest BCUT2D eigenvalue weighted by Gasteiger charge is -2.30. The fourth-order valence-electron chi connectivity index (χ4n) is 3.70. The molecule has 0 spiro atoms. The van der Waals surface area contributed by atoms with Gasteiger partial charge in [0, 0.05) is 37.8 Å². The molecule has 1 aromatic heterocycles. The van der Waals surface area contributed by atoms with Crippen LogP contribution in [0.3, 0.4) is 0 Å². The van der Waals surface area contributed by atoms with Crippen LogP contribution < -0.4 is 11.1 Å². The van der Waals surface area contributed by atoms with Gasteiger partial charge in [0.15, 0.2) is 5.58 Å². The molecular formula is C21H22FN3O5S. The van der Waals surface area contributed by atoms with E-state index in [1.54, 1.807) is 26.1 Å². The summed E-state index contributed by atoms with van der Waals surface area (Å²) in [6.07, 6.45) is 0.699. The lowest BCUT2D eigenvalue weighted by Crippen LogP contribution is -2.41. The van der Waals surface area contributed by atoms with Gasteiger partial charge in [0.2, 0.25) is 15.9 Å². The Morgan fingerprint density at radius 1 is 1.16 bits per heavy atom. The van der Waals surface area contributed by atoms with Crippen LogP contribution in [0, 0.1) is 18.7 Å². The van der Waals surface area contributed by atoms with Gasteiger partial charge in [-0.3, -0.25) is 9.36 Å². The number of benzene rings is 2. The highest BCUT2D eigenvalue weighted by molar-refractivity contribution is 7.89. The first kappa shape index (κ1) is 21.3. The first-order valence-corrected chi connectivity index (χ1v) is 11.3. The molecule has 3 aromatic rings. The molecule has 1 aliphatic rings. The average molecular weight is 447 g/mol. The minimum atomic E-state index is -3.79. The third-order valence-electron chi connectivity index (χ3n) is 5.67. The number of piperidine rings is 1. The van der Waals surface area contributed by atoms with Crippen molar-refractivity contribution < 1.29 is 22.0 Å². The highest BCUT2D eigenvalue weighted by Crippen LogP contribution is 2.27. The molecule has 10 heteroatoms. The van der Waals surface area contributed by atoms with Gasteiger partial charge in [-0.25, -0.2) is 17.6 Å². The van der Waals surface area contributed by atoms with Gasteiger partial charge in [-0.15, -0.1) is 0 Å². The van der Waals surface area contributed by atoms with E-state index in [4.69, 9.17) is 4.42 Å². The molecule has 31 heavy (non-hydrogen) atoms. The van der Waals surface area contributed by atoms with Crippen LogP contribution in [0.15, 0.2) is 50.5 Å². The summed E-state index contributed by atoms with van der Waals surface area (Å²) in [6.45, 7) is 2.00. The van der Waals surface area contributed by atoms with E-state index in [2.05, 4.69) is 5.32 Å². The lowest BCUT2D eigenvalue weighted by molar-refractivity contribution is -0.120. The largest absolute Gasteiger partial charge is 0.419 e. The zero-order valence-electron chi connectivity index (χ0n) is 17.1. The van der Waals surface area contributed by atoms with Crippen molar-refractivity contribution in [3.05, 3.63) is 58.3 Å². The number of amides is 1. The second kappa shape index (κ2) is 7.93. The van der Waals surface area contributed by atoms with E-state index in [1.807, 2.05) is 0 Å². The van der Waals surface area contributed by atoms with Crippen molar-refractivity contribution in [2.45, 2.75) is 24.7 Å². The van der Waals surface area contributed by atoms with E-state index in [0.29, 0.717) is 29.6 Å². The molecule has 0 bridgehead atoms. The van der Waals surface area contributed by atoms with Crippen LogP contribution in [0.1, 0.15) is 18.4 Å². The molecule has 1 N–H and O–H groups in total. The molecule has 8 nitrogen and oxygen atoms in total. The predicted octanol–water partition coefficient (Wildman–Crippen LogP) is 2.62. The number of carbonyl (C=O) groups is 1. The van der Waals surface area contributed by atoms with Crippen LogP contribution in [0.5, 0.6) is 0 Å². The summed E-state index contributed by atoms with van der Waals surface area (Å²) in [5.41, 5.74) is 1.57. The van der Waals surface area contributed by atoms with Crippen molar-refractivity contribution >= 4 is 32.7 Å². The van der Waals surface area contributed by atoms with Crippen molar-refractivity contribution in [3.63, 3.8) is 0 Å². The first-order chi connectivity index (χ1) is 14.7. The Labute approximate surface area is 178 Å². The number of sulfonamides is 1. The van der Waals surface area contributed by atoms with Crippen LogP contribution in [-0.2, 0) is 21.9 Å². The number of carbonyl (C=O) groups excluding carboxylic acids is 1. The summed E-state index contributed by atoms with van der Waals surface area (Å²) in [7, 11) is -2.25. The quantitative estimate of drug-likeness (QED) is 0.663. The Balaban J connectivity index is 1.44. The van der Waals surface area contributed by atoms with Crippen molar-refractivity contribution in [1.82, 2.24) is 8.87 Å². The fraction of sp³-hybridized carbons (Fsp3) is 0.333. The number of halogens is 1. The maximum atomic E-state index is 13.7. The summed E-state index contributed by atoms with van der Waals surface area (Å²) in [5.74, 6) is -1.59. The van der Waals surface area contributed by atoms with Crippen LogP contribution in [-0.4, -0.2) is 36.3 Å². The maximum Gasteiger partial charge on any atom is 0.419 e. The molecule has 1 aliphatic heterocycles. The summed E-state index contributed by atoms with van der Waals surface area (Å²) in [6, 6.07) is 8.81. The van der Waals surface area contributed by atoms with Crippen LogP contribution >= 0.6 is 0 Å². The molecule has 0 unspecified atom stereocenters. The zero-order valence-corrected chi connectivity index (χ0v) is 17.9. The number of nitrogens with one attached hydrogen (secondary N) is 1. The Hall–Kier alpha value is -2.98. The standard InChI is InChI=1S/C21H22FN3O5S/c1-13-3-4-15(11-17(13)22)23-20(26)14-7-9-25(10-8-14)31(28,29)16-5-6-18-19(12-16)30-21(27)24(18)2/h3-6,11-12,14H,7-10H2,1-2H3,(H,23,26). The van der Waals surface area contributed by atoms with Crippen LogP contribution in [0.4, 0.5) is 10.1 Å². The zero-order chi connectivity index (χ0) is 22.3. The van der Waals surface area contributed by atoms with E-state index in [0.717, 1.165) is 0 Å². The van der Waals surface area contributed by atoms with Gasteiger partial charge in [-0.1, -0.05) is 6.07 Å². The molecule has 0 saturated carbocycles. The number of nitrogens with zero attached hydrogens (tertiary/aromatic N) is 2. The SMILES string of the molecule is Cc1ccc(NC(=O)C2CCN(S(=O)(=O)c3ccc4c(c3)oc(=O)n4C)CC2)cc1F. The maximum absolute atomic E-state index is 13.7. The molecule has 1 saturated heterocycles. The summed E-state index contributed by atoms with van der Waals surface area (Å²) in [4.78, 5) is 24.2. The number of rotatable bonds is 4. The van der Waals surface area contributed by atoms with Crippen molar-refractivity contribution in [2.24, 2.45) is 13.0 Å². The minimum Gasteiger partial charge on any atom is -0.408 e. The normalized spacial score (nSPS) is 16.0. The van der Waals surface area contributed by atoms with Crippen LogP contribution in [0.2, 0.25) is 0 Å². The lowest BCUT2D eigenvalue weighted by atomic mass is 9.97. The third kappa shape index (κ3) is 4.00. The Bertz CT molecular complexity index is 1320.